The van der Waals surface area contributed by atoms with Gasteiger partial charge in [0.1, 0.15) is 0 Å². The minimum Gasteiger partial charge on any atom is -0.319 e. The fourth-order valence-corrected chi connectivity index (χ4v) is 3.19. The average Bonchev–Trinajstić information content (AvgIpc) is 2.94. The molecule has 0 radical (unpaired) electrons. The molecule has 1 aliphatic heterocycles. The molecule has 0 aromatic carbocycles. The normalized spacial score (nSPS) is 24.8. The maximum atomic E-state index is 4.52. The van der Waals surface area contributed by atoms with Crippen LogP contribution >= 0.6 is 0 Å². The molecule has 1 aromatic rings. The van der Waals surface area contributed by atoms with Gasteiger partial charge in [0, 0.05) is 29.9 Å². The van der Waals surface area contributed by atoms with E-state index in [0.717, 1.165) is 6.54 Å². The van der Waals surface area contributed by atoms with Crippen LogP contribution in [0.4, 0.5) is 0 Å². The molecule has 0 amide bonds. The van der Waals surface area contributed by atoms with Crippen molar-refractivity contribution in [1.29, 1.82) is 0 Å². The predicted octanol–water partition coefficient (Wildman–Crippen LogP) is 2.45. The van der Waals surface area contributed by atoms with Gasteiger partial charge in [-0.2, -0.15) is 5.10 Å². The lowest BCUT2D eigenvalue weighted by atomic mass is 9.95. The first-order valence-electron chi connectivity index (χ1n) is 7.49. The van der Waals surface area contributed by atoms with Gasteiger partial charge in [0.2, 0.25) is 0 Å². The van der Waals surface area contributed by atoms with Crippen LogP contribution in [-0.4, -0.2) is 40.9 Å². The average molecular weight is 264 g/mol. The summed E-state index contributed by atoms with van der Waals surface area (Å²) < 4.78 is 2.07. The van der Waals surface area contributed by atoms with Crippen molar-refractivity contribution >= 4 is 0 Å². The van der Waals surface area contributed by atoms with E-state index in [0.29, 0.717) is 24.0 Å². The van der Waals surface area contributed by atoms with Gasteiger partial charge in [-0.3, -0.25) is 9.58 Å². The Balaban J connectivity index is 2.24. The third-order valence-corrected chi connectivity index (χ3v) is 4.18. The van der Waals surface area contributed by atoms with Crippen molar-refractivity contribution in [3.8, 4) is 0 Å². The number of likely N-dealkylation sites (tertiary alicyclic amines) is 1. The van der Waals surface area contributed by atoms with Crippen molar-refractivity contribution in [1.82, 2.24) is 20.0 Å². The molecule has 0 bridgehead atoms. The zero-order chi connectivity index (χ0) is 14.0. The molecule has 0 aliphatic carbocycles. The summed E-state index contributed by atoms with van der Waals surface area (Å²) in [5.41, 5.74) is 1.38. The summed E-state index contributed by atoms with van der Waals surface area (Å²) in [6, 6.07) is 1.54. The molecule has 108 valence electrons. The minimum absolute atomic E-state index is 0.436. The largest absolute Gasteiger partial charge is 0.319 e. The summed E-state index contributed by atoms with van der Waals surface area (Å²) in [5.74, 6) is 0.692. The molecule has 4 heteroatoms. The number of aromatic nitrogens is 2. The molecule has 0 saturated carbocycles. The van der Waals surface area contributed by atoms with Crippen molar-refractivity contribution in [2.45, 2.75) is 52.2 Å². The molecule has 2 heterocycles. The van der Waals surface area contributed by atoms with Gasteiger partial charge >= 0.3 is 0 Å². The van der Waals surface area contributed by atoms with Crippen LogP contribution in [0.1, 0.15) is 51.8 Å². The molecular weight excluding hydrogens is 236 g/mol. The first-order chi connectivity index (χ1) is 9.04. The first-order valence-corrected chi connectivity index (χ1v) is 7.49. The molecule has 4 nitrogen and oxygen atoms in total. The minimum atomic E-state index is 0.436. The molecule has 1 fully saturated rings. The van der Waals surface area contributed by atoms with Crippen LogP contribution in [-0.2, 0) is 0 Å². The summed E-state index contributed by atoms with van der Waals surface area (Å²) in [5, 5.41) is 7.86. The molecule has 1 aromatic heterocycles. The Bertz CT molecular complexity index is 397. The van der Waals surface area contributed by atoms with Crippen molar-refractivity contribution in [3.63, 3.8) is 0 Å². The van der Waals surface area contributed by atoms with E-state index in [9.17, 15) is 0 Å². The Morgan fingerprint density at radius 1 is 1.32 bits per heavy atom. The van der Waals surface area contributed by atoms with E-state index >= 15 is 0 Å². The van der Waals surface area contributed by atoms with Gasteiger partial charge in [0.15, 0.2) is 0 Å². The van der Waals surface area contributed by atoms with E-state index < -0.39 is 0 Å². The van der Waals surface area contributed by atoms with Crippen LogP contribution in [0.3, 0.4) is 0 Å². The number of nitrogens with one attached hydrogen (secondary N) is 1. The fourth-order valence-electron chi connectivity index (χ4n) is 3.19. The van der Waals surface area contributed by atoms with Crippen LogP contribution in [0.2, 0.25) is 0 Å². The van der Waals surface area contributed by atoms with Crippen LogP contribution in [0.5, 0.6) is 0 Å². The lowest BCUT2D eigenvalue weighted by Gasteiger charge is -2.30. The smallest absolute Gasteiger partial charge is 0.0537 e. The Hall–Kier alpha value is -0.870. The summed E-state index contributed by atoms with van der Waals surface area (Å²) in [7, 11) is 2.05. The summed E-state index contributed by atoms with van der Waals surface area (Å²) in [6.45, 7) is 11.2. The van der Waals surface area contributed by atoms with E-state index in [-0.39, 0.29) is 0 Å². The second-order valence-corrected chi connectivity index (χ2v) is 6.23. The van der Waals surface area contributed by atoms with E-state index in [1.807, 2.05) is 7.05 Å². The summed E-state index contributed by atoms with van der Waals surface area (Å²) in [4.78, 5) is 2.61. The van der Waals surface area contributed by atoms with E-state index in [1.165, 1.54) is 18.5 Å². The molecule has 1 saturated heterocycles. The van der Waals surface area contributed by atoms with Gasteiger partial charge in [-0.1, -0.05) is 0 Å². The molecule has 1 N–H and O–H groups in total. The molecule has 19 heavy (non-hydrogen) atoms. The van der Waals surface area contributed by atoms with Crippen molar-refractivity contribution in [2.24, 2.45) is 5.92 Å². The lowest BCUT2D eigenvalue weighted by molar-refractivity contribution is 0.182. The molecular formula is C15H28N4. The highest BCUT2D eigenvalue weighted by molar-refractivity contribution is 5.15. The maximum Gasteiger partial charge on any atom is 0.0537 e. The van der Waals surface area contributed by atoms with Crippen LogP contribution < -0.4 is 5.32 Å². The highest BCUT2D eigenvalue weighted by Gasteiger charge is 2.36. The summed E-state index contributed by atoms with van der Waals surface area (Å²) in [6.07, 6.45) is 5.57. The van der Waals surface area contributed by atoms with Crippen LogP contribution in [0.25, 0.3) is 0 Å². The van der Waals surface area contributed by atoms with Crippen LogP contribution in [0, 0.1) is 5.92 Å². The zero-order valence-corrected chi connectivity index (χ0v) is 12.9. The van der Waals surface area contributed by atoms with Gasteiger partial charge in [-0.05, 0) is 60.2 Å². The fraction of sp³-hybridized carbons (Fsp3) is 0.800. The first kappa shape index (κ1) is 14.5. The highest BCUT2D eigenvalue weighted by atomic mass is 15.3. The number of rotatable bonds is 5. The molecule has 2 rings (SSSR count). The predicted molar refractivity (Wildman–Crippen MR) is 79.2 cm³/mol. The molecule has 2 unspecified atom stereocenters. The Morgan fingerprint density at radius 3 is 2.58 bits per heavy atom. The topological polar surface area (TPSA) is 33.1 Å². The summed E-state index contributed by atoms with van der Waals surface area (Å²) >= 11 is 0. The molecule has 1 aliphatic rings. The molecule has 2 atom stereocenters. The third-order valence-electron chi connectivity index (χ3n) is 4.18. The Kier molecular flexibility index (Phi) is 4.63. The Morgan fingerprint density at radius 2 is 2.05 bits per heavy atom. The SMILES string of the molecule is CNCC1CCN(C(C)C)C1c1cnn(C(C)C)c1. The monoisotopic (exact) mass is 264 g/mol. The maximum absolute atomic E-state index is 4.52. The Labute approximate surface area is 117 Å². The van der Waals surface area contributed by atoms with Crippen molar-refractivity contribution < 1.29 is 0 Å². The number of hydrogen-bond donors (Lipinski definition) is 1. The van der Waals surface area contributed by atoms with Gasteiger partial charge in [-0.15, -0.1) is 0 Å². The van der Waals surface area contributed by atoms with Gasteiger partial charge in [0.05, 0.1) is 6.20 Å². The van der Waals surface area contributed by atoms with Gasteiger partial charge in [-0.25, -0.2) is 0 Å². The number of nitrogens with zero attached hydrogens (tertiary/aromatic N) is 3. The zero-order valence-electron chi connectivity index (χ0n) is 12.9. The second-order valence-electron chi connectivity index (χ2n) is 6.23. The van der Waals surface area contributed by atoms with Crippen molar-refractivity contribution in [2.75, 3.05) is 20.1 Å². The van der Waals surface area contributed by atoms with E-state index in [1.54, 1.807) is 0 Å². The quantitative estimate of drug-likeness (QED) is 0.887. The highest BCUT2D eigenvalue weighted by Crippen LogP contribution is 2.38. The second kappa shape index (κ2) is 6.06. The van der Waals surface area contributed by atoms with Gasteiger partial charge < -0.3 is 5.32 Å². The third kappa shape index (κ3) is 3.00. The van der Waals surface area contributed by atoms with Crippen LogP contribution in [0.15, 0.2) is 12.4 Å². The lowest BCUT2D eigenvalue weighted by Crippen LogP contribution is -2.33. The number of hydrogen-bond acceptors (Lipinski definition) is 3. The van der Waals surface area contributed by atoms with Crippen molar-refractivity contribution in [3.05, 3.63) is 18.0 Å². The van der Waals surface area contributed by atoms with Gasteiger partial charge in [0.25, 0.3) is 0 Å². The standard InChI is InChI=1S/C15H28N4/c1-11(2)18-7-6-13(8-16-5)15(18)14-9-17-19(10-14)12(3)4/h9-13,15-16H,6-8H2,1-5H3. The van der Waals surface area contributed by atoms with E-state index in [4.69, 9.17) is 0 Å². The van der Waals surface area contributed by atoms with E-state index in [2.05, 4.69) is 60.1 Å². The molecule has 0 spiro atoms.